The first-order valence-electron chi connectivity index (χ1n) is 8.25. The highest BCUT2D eigenvalue weighted by atomic mass is 127. The number of guanidine groups is 1. The van der Waals surface area contributed by atoms with Crippen molar-refractivity contribution in [3.63, 3.8) is 0 Å². The predicted octanol–water partition coefficient (Wildman–Crippen LogP) is 3.57. The largest absolute Gasteiger partial charge is 0.493 e. The monoisotopic (exact) mass is 447 g/mol. The van der Waals surface area contributed by atoms with Gasteiger partial charge >= 0.3 is 0 Å². The number of nitrogens with one attached hydrogen (secondary N) is 2. The normalized spacial score (nSPS) is 16.2. The summed E-state index contributed by atoms with van der Waals surface area (Å²) in [5.41, 5.74) is 1.53. The van der Waals surface area contributed by atoms with Crippen molar-refractivity contribution in [2.75, 3.05) is 27.8 Å². The summed E-state index contributed by atoms with van der Waals surface area (Å²) in [5, 5.41) is 6.81. The molecule has 24 heavy (non-hydrogen) atoms. The quantitative estimate of drug-likeness (QED) is 0.398. The molecule has 1 saturated carbocycles. The Morgan fingerprint density at radius 2 is 1.79 bits per heavy atom. The number of methoxy groups -OCH3 is 2. The molecule has 0 bridgehead atoms. The first-order valence-corrected chi connectivity index (χ1v) is 8.25. The second kappa shape index (κ2) is 9.96. The molecule has 1 aromatic rings. The summed E-state index contributed by atoms with van der Waals surface area (Å²) < 4.78 is 10.6. The van der Waals surface area contributed by atoms with Crippen LogP contribution in [0.5, 0.6) is 11.5 Å². The fourth-order valence-electron chi connectivity index (χ4n) is 3.10. The van der Waals surface area contributed by atoms with Crippen LogP contribution in [0.2, 0.25) is 0 Å². The number of benzene rings is 1. The maximum atomic E-state index is 5.34. The average molecular weight is 447 g/mol. The number of aliphatic imine (C=N–C) groups is 1. The molecule has 0 heterocycles. The van der Waals surface area contributed by atoms with Gasteiger partial charge in [-0.1, -0.05) is 25.8 Å². The van der Waals surface area contributed by atoms with Crippen molar-refractivity contribution >= 4 is 29.9 Å². The van der Waals surface area contributed by atoms with Crippen LogP contribution in [-0.4, -0.2) is 33.8 Å². The molecule has 0 saturated heterocycles. The highest BCUT2D eigenvalue weighted by Crippen LogP contribution is 2.36. The van der Waals surface area contributed by atoms with Crippen molar-refractivity contribution in [2.45, 2.75) is 39.2 Å². The summed E-state index contributed by atoms with van der Waals surface area (Å²) in [6.07, 6.45) is 5.28. The average Bonchev–Trinajstić information content (AvgIpc) is 3.01. The van der Waals surface area contributed by atoms with Gasteiger partial charge in [-0.2, -0.15) is 0 Å². The number of halogens is 1. The third-order valence-electron chi connectivity index (χ3n) is 4.62. The van der Waals surface area contributed by atoms with Crippen molar-refractivity contribution in [3.8, 4) is 11.5 Å². The van der Waals surface area contributed by atoms with E-state index in [1.807, 2.05) is 18.2 Å². The molecule has 1 fully saturated rings. The van der Waals surface area contributed by atoms with Crippen LogP contribution in [0.4, 0.5) is 0 Å². The van der Waals surface area contributed by atoms with E-state index in [-0.39, 0.29) is 24.0 Å². The standard InChI is InChI=1S/C18H29N3O2.HI/c1-18(9-5-6-10-18)13-21-17(19-2)20-12-14-7-8-15(22-3)16(11-14)23-4;/h7-8,11H,5-6,9-10,12-13H2,1-4H3,(H2,19,20,21);1H. The van der Waals surface area contributed by atoms with Crippen LogP contribution in [-0.2, 0) is 6.54 Å². The molecule has 6 heteroatoms. The molecule has 0 aliphatic heterocycles. The summed E-state index contributed by atoms with van der Waals surface area (Å²) in [7, 11) is 5.10. The number of nitrogens with zero attached hydrogens (tertiary/aromatic N) is 1. The van der Waals surface area contributed by atoms with E-state index in [4.69, 9.17) is 9.47 Å². The minimum Gasteiger partial charge on any atom is -0.493 e. The Morgan fingerprint density at radius 1 is 1.12 bits per heavy atom. The van der Waals surface area contributed by atoms with Gasteiger partial charge in [-0.05, 0) is 36.0 Å². The van der Waals surface area contributed by atoms with E-state index in [0.29, 0.717) is 12.0 Å². The second-order valence-electron chi connectivity index (χ2n) is 6.49. The van der Waals surface area contributed by atoms with Crippen molar-refractivity contribution in [1.29, 1.82) is 0 Å². The summed E-state index contributed by atoms with van der Waals surface area (Å²) in [4.78, 5) is 4.31. The van der Waals surface area contributed by atoms with E-state index in [1.54, 1.807) is 21.3 Å². The summed E-state index contributed by atoms with van der Waals surface area (Å²) in [6, 6.07) is 5.93. The zero-order valence-corrected chi connectivity index (χ0v) is 17.5. The van der Waals surface area contributed by atoms with E-state index in [1.165, 1.54) is 25.7 Å². The molecule has 0 spiro atoms. The molecule has 136 valence electrons. The summed E-state index contributed by atoms with van der Waals surface area (Å²) in [6.45, 7) is 4.02. The zero-order chi connectivity index (χ0) is 16.7. The Morgan fingerprint density at radius 3 is 2.38 bits per heavy atom. The van der Waals surface area contributed by atoms with Gasteiger partial charge < -0.3 is 20.1 Å². The van der Waals surface area contributed by atoms with Crippen LogP contribution in [0.25, 0.3) is 0 Å². The topological polar surface area (TPSA) is 54.9 Å². The van der Waals surface area contributed by atoms with Crippen molar-refractivity contribution in [1.82, 2.24) is 10.6 Å². The van der Waals surface area contributed by atoms with Gasteiger partial charge in [-0.3, -0.25) is 4.99 Å². The third kappa shape index (κ3) is 5.72. The fourth-order valence-corrected chi connectivity index (χ4v) is 3.10. The Kier molecular flexibility index (Phi) is 8.66. The lowest BCUT2D eigenvalue weighted by Crippen LogP contribution is -2.41. The van der Waals surface area contributed by atoms with Gasteiger partial charge in [0.1, 0.15) is 0 Å². The van der Waals surface area contributed by atoms with Gasteiger partial charge in [0.05, 0.1) is 14.2 Å². The Balaban J connectivity index is 0.00000288. The predicted molar refractivity (Wildman–Crippen MR) is 110 cm³/mol. The first-order chi connectivity index (χ1) is 11.1. The molecule has 5 nitrogen and oxygen atoms in total. The van der Waals surface area contributed by atoms with Crippen LogP contribution in [0.15, 0.2) is 23.2 Å². The summed E-state index contributed by atoms with van der Waals surface area (Å²) in [5.74, 6) is 2.33. The molecule has 0 amide bonds. The minimum atomic E-state index is 0. The molecule has 2 rings (SSSR count). The zero-order valence-electron chi connectivity index (χ0n) is 15.1. The molecule has 0 radical (unpaired) electrons. The number of hydrogen-bond acceptors (Lipinski definition) is 3. The maximum Gasteiger partial charge on any atom is 0.191 e. The van der Waals surface area contributed by atoms with Crippen LogP contribution < -0.4 is 20.1 Å². The molecule has 0 atom stereocenters. The molecule has 0 aromatic heterocycles. The lowest BCUT2D eigenvalue weighted by molar-refractivity contribution is 0.334. The van der Waals surface area contributed by atoms with Crippen molar-refractivity contribution in [2.24, 2.45) is 10.4 Å². The van der Waals surface area contributed by atoms with Crippen molar-refractivity contribution in [3.05, 3.63) is 23.8 Å². The van der Waals surface area contributed by atoms with Crippen molar-refractivity contribution < 1.29 is 9.47 Å². The van der Waals surface area contributed by atoms with Crippen LogP contribution in [0.3, 0.4) is 0 Å². The minimum absolute atomic E-state index is 0. The number of ether oxygens (including phenoxy) is 2. The van der Waals surface area contributed by atoms with Gasteiger partial charge in [0.15, 0.2) is 17.5 Å². The Labute approximate surface area is 162 Å². The van der Waals surface area contributed by atoms with E-state index in [2.05, 4.69) is 22.5 Å². The van der Waals surface area contributed by atoms with E-state index in [0.717, 1.165) is 29.6 Å². The molecular weight excluding hydrogens is 417 g/mol. The molecule has 1 aromatic carbocycles. The smallest absolute Gasteiger partial charge is 0.191 e. The maximum absolute atomic E-state index is 5.34. The van der Waals surface area contributed by atoms with Gasteiger partial charge in [-0.25, -0.2) is 0 Å². The number of rotatable bonds is 6. The van der Waals surface area contributed by atoms with Gasteiger partial charge in [0.25, 0.3) is 0 Å². The molecule has 2 N–H and O–H groups in total. The Bertz CT molecular complexity index is 543. The van der Waals surface area contributed by atoms with E-state index >= 15 is 0 Å². The van der Waals surface area contributed by atoms with Crippen LogP contribution in [0, 0.1) is 5.41 Å². The fraction of sp³-hybridized carbons (Fsp3) is 0.611. The number of hydrogen-bond donors (Lipinski definition) is 2. The van der Waals surface area contributed by atoms with Gasteiger partial charge in [-0.15, -0.1) is 24.0 Å². The highest BCUT2D eigenvalue weighted by molar-refractivity contribution is 14.0. The summed E-state index contributed by atoms with van der Waals surface area (Å²) >= 11 is 0. The van der Waals surface area contributed by atoms with Crippen LogP contribution >= 0.6 is 24.0 Å². The third-order valence-corrected chi connectivity index (χ3v) is 4.62. The lowest BCUT2D eigenvalue weighted by atomic mass is 9.89. The van der Waals surface area contributed by atoms with Crippen LogP contribution in [0.1, 0.15) is 38.2 Å². The van der Waals surface area contributed by atoms with E-state index in [9.17, 15) is 0 Å². The molecule has 1 aliphatic carbocycles. The first kappa shape index (κ1) is 20.9. The second-order valence-corrected chi connectivity index (χ2v) is 6.49. The van der Waals surface area contributed by atoms with E-state index < -0.39 is 0 Å². The Hall–Kier alpha value is -1.18. The molecule has 0 unspecified atom stereocenters. The van der Waals surface area contributed by atoms with Gasteiger partial charge in [0, 0.05) is 20.1 Å². The lowest BCUT2D eigenvalue weighted by Gasteiger charge is -2.25. The van der Waals surface area contributed by atoms with Gasteiger partial charge in [0.2, 0.25) is 0 Å². The molecular formula is C18H30IN3O2. The highest BCUT2D eigenvalue weighted by Gasteiger charge is 2.28. The molecule has 1 aliphatic rings. The SMILES string of the molecule is CN=C(NCc1ccc(OC)c(OC)c1)NCC1(C)CCCC1.I.